The number of fused-ring (bicyclic) bond motifs is 1. The van der Waals surface area contributed by atoms with Crippen LogP contribution in [0, 0.1) is 12.3 Å². The second kappa shape index (κ2) is 17.9. The molecule has 0 aliphatic heterocycles. The lowest BCUT2D eigenvalue weighted by Gasteiger charge is -2.27. The van der Waals surface area contributed by atoms with E-state index in [0.717, 1.165) is 37.7 Å². The van der Waals surface area contributed by atoms with Crippen molar-refractivity contribution in [2.45, 2.75) is 116 Å². The van der Waals surface area contributed by atoms with Crippen LogP contribution in [-0.2, 0) is 20.7 Å². The maximum atomic E-state index is 12.6. The Morgan fingerprint density at radius 1 is 0.914 bits per heavy atom. The Kier molecular flexibility index (Phi) is 14.7. The van der Waals surface area contributed by atoms with Gasteiger partial charge in [-0.2, -0.15) is 0 Å². The van der Waals surface area contributed by atoms with Gasteiger partial charge in [-0.25, -0.2) is 4.79 Å². The summed E-state index contributed by atoms with van der Waals surface area (Å²) in [5, 5.41) is 0. The predicted octanol–water partition coefficient (Wildman–Crippen LogP) is 7.73. The van der Waals surface area contributed by atoms with E-state index < -0.39 is 6.09 Å². The van der Waals surface area contributed by atoms with Gasteiger partial charge in [-0.1, -0.05) is 114 Å². The first kappa shape index (κ1) is 28.8. The number of hydrogen-bond donors (Lipinski definition) is 0. The zero-order valence-electron chi connectivity index (χ0n) is 21.8. The first-order chi connectivity index (χ1) is 17.2. The molecule has 194 valence electrons. The molecular weight excluding hydrogens is 438 g/mol. The monoisotopic (exact) mass is 483 g/mol. The molecule has 0 saturated heterocycles. The van der Waals surface area contributed by atoms with Crippen LogP contribution < -0.4 is 0 Å². The lowest BCUT2D eigenvalue weighted by molar-refractivity contribution is -0.152. The van der Waals surface area contributed by atoms with Crippen LogP contribution in [0.5, 0.6) is 0 Å². The molecular formula is C30H45NO4. The van der Waals surface area contributed by atoms with Crippen molar-refractivity contribution >= 4 is 12.1 Å². The van der Waals surface area contributed by atoms with Crippen LogP contribution in [0.2, 0.25) is 0 Å². The van der Waals surface area contributed by atoms with Crippen molar-refractivity contribution in [3.63, 3.8) is 0 Å². The van der Waals surface area contributed by atoms with Crippen LogP contribution in [0.15, 0.2) is 24.3 Å². The van der Waals surface area contributed by atoms with Crippen molar-refractivity contribution in [2.24, 2.45) is 0 Å². The fourth-order valence-electron chi connectivity index (χ4n) is 4.85. The summed E-state index contributed by atoms with van der Waals surface area (Å²) in [6.07, 6.45) is 23.4. The average molecular weight is 484 g/mol. The third-order valence-electron chi connectivity index (χ3n) is 6.86. The summed E-state index contributed by atoms with van der Waals surface area (Å²) < 4.78 is 10.3. The Labute approximate surface area is 212 Å². The average Bonchev–Trinajstić information content (AvgIpc) is 3.29. The number of unbranched alkanes of at least 4 members (excludes halogenated alkanes) is 12. The van der Waals surface area contributed by atoms with Gasteiger partial charge in [0.1, 0.15) is 0 Å². The second-order valence-electron chi connectivity index (χ2n) is 9.62. The summed E-state index contributed by atoms with van der Waals surface area (Å²) in [4.78, 5) is 26.1. The van der Waals surface area contributed by atoms with E-state index in [4.69, 9.17) is 15.9 Å². The van der Waals surface area contributed by atoms with Crippen molar-refractivity contribution in [3.8, 4) is 12.3 Å². The van der Waals surface area contributed by atoms with Crippen LogP contribution in [0.4, 0.5) is 4.79 Å². The third-order valence-corrected chi connectivity index (χ3v) is 6.86. The molecule has 0 heterocycles. The molecule has 1 atom stereocenters. The number of carbonyl (C=O) groups is 2. The van der Waals surface area contributed by atoms with Crippen LogP contribution in [-0.4, -0.2) is 30.3 Å². The molecule has 0 fully saturated rings. The molecule has 0 radical (unpaired) electrons. The van der Waals surface area contributed by atoms with Gasteiger partial charge in [-0.15, -0.1) is 6.42 Å². The lowest BCUT2D eigenvalue weighted by Crippen LogP contribution is -2.35. The minimum Gasteiger partial charge on any atom is -0.428 e. The topological polar surface area (TPSA) is 55.8 Å². The summed E-state index contributed by atoms with van der Waals surface area (Å²) in [5.74, 6) is 2.22. The van der Waals surface area contributed by atoms with Gasteiger partial charge in [-0.3, -0.25) is 9.69 Å². The summed E-state index contributed by atoms with van der Waals surface area (Å²) in [6, 6.07) is 7.97. The fourth-order valence-corrected chi connectivity index (χ4v) is 4.85. The molecule has 2 rings (SSSR count). The number of amides is 1. The lowest BCUT2D eigenvalue weighted by atomic mass is 10.0. The highest BCUT2D eigenvalue weighted by molar-refractivity contribution is 5.71. The standard InChI is InChI=1S/C30H45NO4/c1-3-5-6-7-8-9-10-11-12-13-14-15-16-21-29(32)34-25-35-30(33)31(24-4-2)28-23-22-26-19-17-18-20-27(26)28/h2,17-20,28H,3,5-16,21-25H2,1H3. The number of carbonyl (C=O) groups excluding carboxylic acids is 2. The number of rotatable bonds is 18. The highest BCUT2D eigenvalue weighted by Gasteiger charge is 2.31. The number of ether oxygens (including phenoxy) is 2. The van der Waals surface area contributed by atoms with Crippen LogP contribution in [0.3, 0.4) is 0 Å². The number of aryl methyl sites for hydroxylation is 1. The Morgan fingerprint density at radius 3 is 2.14 bits per heavy atom. The van der Waals surface area contributed by atoms with Gasteiger partial charge in [-0.05, 0) is 30.4 Å². The van der Waals surface area contributed by atoms with Gasteiger partial charge >= 0.3 is 12.1 Å². The molecule has 1 aliphatic rings. The quantitative estimate of drug-likeness (QED) is 0.0928. The predicted molar refractivity (Wildman–Crippen MR) is 141 cm³/mol. The normalized spacial score (nSPS) is 14.2. The first-order valence-electron chi connectivity index (χ1n) is 13.8. The fraction of sp³-hybridized carbons (Fsp3) is 0.667. The first-order valence-corrected chi connectivity index (χ1v) is 13.8. The highest BCUT2D eigenvalue weighted by Crippen LogP contribution is 2.35. The molecule has 5 nitrogen and oxygen atoms in total. The van der Waals surface area contributed by atoms with E-state index in [-0.39, 0.29) is 25.3 Å². The van der Waals surface area contributed by atoms with Crippen molar-refractivity contribution in [2.75, 3.05) is 13.3 Å². The summed E-state index contributed by atoms with van der Waals surface area (Å²) in [7, 11) is 0. The van der Waals surface area contributed by atoms with Crippen molar-refractivity contribution in [1.82, 2.24) is 4.90 Å². The molecule has 1 aromatic carbocycles. The smallest absolute Gasteiger partial charge is 0.413 e. The second-order valence-corrected chi connectivity index (χ2v) is 9.62. The van der Waals surface area contributed by atoms with Crippen LogP contribution >= 0.6 is 0 Å². The Hall–Kier alpha value is -2.48. The molecule has 0 bridgehead atoms. The molecule has 1 aliphatic carbocycles. The third kappa shape index (κ3) is 11.2. The van der Waals surface area contributed by atoms with E-state index in [0.29, 0.717) is 6.42 Å². The van der Waals surface area contributed by atoms with Gasteiger partial charge in [0.2, 0.25) is 6.79 Å². The molecule has 0 N–H and O–H groups in total. The highest BCUT2D eigenvalue weighted by atomic mass is 16.7. The number of benzene rings is 1. The van der Waals surface area contributed by atoms with E-state index in [2.05, 4.69) is 18.9 Å². The molecule has 1 aromatic rings. The van der Waals surface area contributed by atoms with Crippen LogP contribution in [0.1, 0.15) is 120 Å². The van der Waals surface area contributed by atoms with Gasteiger partial charge < -0.3 is 9.47 Å². The maximum absolute atomic E-state index is 12.6. The zero-order chi connectivity index (χ0) is 25.1. The zero-order valence-corrected chi connectivity index (χ0v) is 21.8. The van der Waals surface area contributed by atoms with E-state index >= 15 is 0 Å². The Bertz CT molecular complexity index is 785. The molecule has 0 spiro atoms. The summed E-state index contributed by atoms with van der Waals surface area (Å²) >= 11 is 0. The van der Waals surface area contributed by atoms with Crippen molar-refractivity contribution in [3.05, 3.63) is 35.4 Å². The van der Waals surface area contributed by atoms with Gasteiger partial charge in [0.15, 0.2) is 0 Å². The van der Waals surface area contributed by atoms with Gasteiger partial charge in [0.25, 0.3) is 0 Å². The number of nitrogens with zero attached hydrogens (tertiary/aromatic N) is 1. The SMILES string of the molecule is C#CCN(C(=O)OCOC(=O)CCCCCCCCCCCCCCC)C1CCc2ccccc21. The maximum Gasteiger partial charge on any atom is 0.413 e. The Balaban J connectivity index is 1.50. The van der Waals surface area contributed by atoms with Gasteiger partial charge in [0.05, 0.1) is 12.6 Å². The molecule has 35 heavy (non-hydrogen) atoms. The minimum absolute atomic E-state index is 0.101. The summed E-state index contributed by atoms with van der Waals surface area (Å²) in [6.45, 7) is 2.04. The van der Waals surface area contributed by atoms with E-state index in [1.807, 2.05) is 18.2 Å². The number of hydrogen-bond acceptors (Lipinski definition) is 4. The largest absolute Gasteiger partial charge is 0.428 e. The number of esters is 1. The summed E-state index contributed by atoms with van der Waals surface area (Å²) in [5.41, 5.74) is 2.34. The van der Waals surface area contributed by atoms with E-state index in [1.54, 1.807) is 4.90 Å². The van der Waals surface area contributed by atoms with Gasteiger partial charge in [0, 0.05) is 6.42 Å². The van der Waals surface area contributed by atoms with Crippen molar-refractivity contribution < 1.29 is 19.1 Å². The van der Waals surface area contributed by atoms with Crippen LogP contribution in [0.25, 0.3) is 0 Å². The Morgan fingerprint density at radius 2 is 1.51 bits per heavy atom. The minimum atomic E-state index is -0.543. The molecule has 1 amide bonds. The number of terminal acetylenes is 1. The molecule has 0 aromatic heterocycles. The van der Waals surface area contributed by atoms with E-state index in [9.17, 15) is 9.59 Å². The molecule has 0 saturated carbocycles. The van der Waals surface area contributed by atoms with E-state index in [1.165, 1.54) is 69.8 Å². The molecule has 5 heteroatoms. The van der Waals surface area contributed by atoms with Crippen molar-refractivity contribution in [1.29, 1.82) is 0 Å². The molecule has 1 unspecified atom stereocenters.